The first-order valence-electron chi connectivity index (χ1n) is 6.83. The van der Waals surface area contributed by atoms with Gasteiger partial charge in [0, 0.05) is 22.3 Å². The van der Waals surface area contributed by atoms with Gasteiger partial charge in [0.2, 0.25) is 0 Å². The van der Waals surface area contributed by atoms with E-state index in [2.05, 4.69) is 24.2 Å². The molecule has 1 aliphatic heterocycles. The van der Waals surface area contributed by atoms with E-state index in [4.69, 9.17) is 4.74 Å². The van der Waals surface area contributed by atoms with E-state index in [0.29, 0.717) is 13.2 Å². The quantitative estimate of drug-likeness (QED) is 0.801. The molecule has 0 atom stereocenters. The summed E-state index contributed by atoms with van der Waals surface area (Å²) in [5, 5.41) is 12.8. The average molecular weight is 301 g/mol. The molecule has 1 aromatic rings. The number of aliphatic hydroxyl groups is 1. The predicted octanol–water partition coefficient (Wildman–Crippen LogP) is 2.97. The molecule has 1 saturated heterocycles. The highest BCUT2D eigenvalue weighted by Crippen LogP contribution is 2.32. The van der Waals surface area contributed by atoms with Crippen LogP contribution in [0.4, 0.5) is 0 Å². The van der Waals surface area contributed by atoms with Crippen LogP contribution in [0.25, 0.3) is 0 Å². The van der Waals surface area contributed by atoms with Gasteiger partial charge in [0.1, 0.15) is 0 Å². The summed E-state index contributed by atoms with van der Waals surface area (Å²) >= 11 is 3.63. The number of aryl methyl sites for hydroxylation is 1. The van der Waals surface area contributed by atoms with Crippen LogP contribution in [0.2, 0.25) is 0 Å². The van der Waals surface area contributed by atoms with Crippen LogP contribution in [-0.4, -0.2) is 35.7 Å². The van der Waals surface area contributed by atoms with Gasteiger partial charge in [-0.3, -0.25) is 0 Å². The lowest BCUT2D eigenvalue weighted by Crippen LogP contribution is -2.47. The van der Waals surface area contributed by atoms with Gasteiger partial charge in [-0.15, -0.1) is 11.3 Å². The van der Waals surface area contributed by atoms with E-state index in [0.717, 1.165) is 23.8 Å². The molecule has 2 rings (SSSR count). The number of thiazole rings is 1. The van der Waals surface area contributed by atoms with Crippen LogP contribution in [0.3, 0.4) is 0 Å². The van der Waals surface area contributed by atoms with Crippen molar-refractivity contribution in [3.63, 3.8) is 0 Å². The fraction of sp³-hybridized carbons (Fsp3) is 0.786. The summed E-state index contributed by atoms with van der Waals surface area (Å²) in [5.74, 6) is 2.65. The van der Waals surface area contributed by atoms with Crippen molar-refractivity contribution in [1.82, 2.24) is 4.98 Å². The van der Waals surface area contributed by atoms with Crippen molar-refractivity contribution in [2.45, 2.75) is 32.4 Å². The van der Waals surface area contributed by atoms with Crippen molar-refractivity contribution in [2.24, 2.45) is 11.3 Å². The second-order valence-corrected chi connectivity index (χ2v) is 7.74. The SMILES string of the molecule is CC(C)CCc1nc(CSCC2(CO)COC2)cs1. The molecule has 0 unspecified atom stereocenters. The molecule has 1 aromatic heterocycles. The molecular formula is C14H23NO2S2. The fourth-order valence-corrected chi connectivity index (χ4v) is 3.99. The van der Waals surface area contributed by atoms with Crippen LogP contribution in [0, 0.1) is 11.3 Å². The lowest BCUT2D eigenvalue weighted by Gasteiger charge is -2.39. The van der Waals surface area contributed by atoms with Crippen molar-refractivity contribution in [1.29, 1.82) is 0 Å². The Morgan fingerprint density at radius 1 is 1.53 bits per heavy atom. The zero-order valence-electron chi connectivity index (χ0n) is 11.7. The van der Waals surface area contributed by atoms with Gasteiger partial charge in [0.25, 0.3) is 0 Å². The second-order valence-electron chi connectivity index (χ2n) is 5.81. The van der Waals surface area contributed by atoms with E-state index >= 15 is 0 Å². The Labute approximate surface area is 123 Å². The normalized spacial score (nSPS) is 17.7. The Bertz CT molecular complexity index is 383. The highest BCUT2D eigenvalue weighted by molar-refractivity contribution is 7.98. The number of ether oxygens (including phenoxy) is 1. The molecule has 3 nitrogen and oxygen atoms in total. The first-order chi connectivity index (χ1) is 9.13. The number of aliphatic hydroxyl groups excluding tert-OH is 1. The highest BCUT2D eigenvalue weighted by Gasteiger charge is 2.37. The molecule has 108 valence electrons. The Morgan fingerprint density at radius 2 is 2.32 bits per heavy atom. The molecule has 19 heavy (non-hydrogen) atoms. The topological polar surface area (TPSA) is 42.4 Å². The number of nitrogens with zero attached hydrogens (tertiary/aromatic N) is 1. The van der Waals surface area contributed by atoms with E-state index in [9.17, 15) is 5.11 Å². The van der Waals surface area contributed by atoms with Crippen molar-refractivity contribution >= 4 is 23.1 Å². The number of hydrogen-bond donors (Lipinski definition) is 1. The maximum Gasteiger partial charge on any atom is 0.0928 e. The van der Waals surface area contributed by atoms with Crippen LogP contribution in [0.1, 0.15) is 31.0 Å². The molecule has 0 aliphatic carbocycles. The summed E-state index contributed by atoms with van der Waals surface area (Å²) in [5.41, 5.74) is 1.20. The molecule has 1 N–H and O–H groups in total. The molecule has 2 heterocycles. The molecule has 0 saturated carbocycles. The molecule has 1 fully saturated rings. The monoisotopic (exact) mass is 301 g/mol. The molecule has 1 aliphatic rings. The van der Waals surface area contributed by atoms with Gasteiger partial charge in [0.15, 0.2) is 0 Å². The highest BCUT2D eigenvalue weighted by atomic mass is 32.2. The maximum absolute atomic E-state index is 9.35. The molecule has 0 spiro atoms. The van der Waals surface area contributed by atoms with Gasteiger partial charge in [-0.2, -0.15) is 11.8 Å². The number of thioether (sulfide) groups is 1. The zero-order chi connectivity index (χ0) is 13.7. The summed E-state index contributed by atoms with van der Waals surface area (Å²) in [7, 11) is 0. The third-order valence-corrected chi connectivity index (χ3v) is 5.62. The summed E-state index contributed by atoms with van der Waals surface area (Å²) in [6.45, 7) is 6.13. The molecular weight excluding hydrogens is 278 g/mol. The minimum absolute atomic E-state index is 0.0150. The van der Waals surface area contributed by atoms with E-state index < -0.39 is 0 Å². The molecule has 5 heteroatoms. The summed E-state index contributed by atoms with van der Waals surface area (Å²) in [4.78, 5) is 4.68. The number of hydrogen-bond acceptors (Lipinski definition) is 5. The predicted molar refractivity (Wildman–Crippen MR) is 81.8 cm³/mol. The Hall–Kier alpha value is -0.100. The summed E-state index contributed by atoms with van der Waals surface area (Å²) in [6.07, 6.45) is 2.31. The lowest BCUT2D eigenvalue weighted by molar-refractivity contribution is -0.121. The first kappa shape index (κ1) is 15.3. The van der Waals surface area contributed by atoms with E-state index in [1.54, 1.807) is 11.3 Å². The first-order valence-corrected chi connectivity index (χ1v) is 8.87. The summed E-state index contributed by atoms with van der Waals surface area (Å²) in [6, 6.07) is 0. The van der Waals surface area contributed by atoms with Gasteiger partial charge in [-0.25, -0.2) is 4.98 Å². The van der Waals surface area contributed by atoms with Crippen LogP contribution < -0.4 is 0 Å². The van der Waals surface area contributed by atoms with Crippen molar-refractivity contribution in [2.75, 3.05) is 25.6 Å². The third kappa shape index (κ3) is 4.45. The standard InChI is InChI=1S/C14H23NO2S2/c1-11(2)3-4-13-15-12(6-19-13)5-18-10-14(7-16)8-17-9-14/h6,11,16H,3-5,7-10H2,1-2H3. The lowest BCUT2D eigenvalue weighted by atomic mass is 9.90. The second kappa shape index (κ2) is 7.07. The number of aromatic nitrogens is 1. The fourth-order valence-electron chi connectivity index (χ4n) is 1.93. The van der Waals surface area contributed by atoms with Crippen LogP contribution >= 0.6 is 23.1 Å². The van der Waals surface area contributed by atoms with E-state index in [1.807, 2.05) is 11.8 Å². The van der Waals surface area contributed by atoms with Gasteiger partial charge >= 0.3 is 0 Å². The molecule has 0 aromatic carbocycles. The smallest absolute Gasteiger partial charge is 0.0928 e. The van der Waals surface area contributed by atoms with Gasteiger partial charge in [-0.05, 0) is 18.8 Å². The minimum Gasteiger partial charge on any atom is -0.396 e. The van der Waals surface area contributed by atoms with Crippen molar-refractivity contribution in [3.05, 3.63) is 16.1 Å². The van der Waals surface area contributed by atoms with E-state index in [-0.39, 0.29) is 12.0 Å². The van der Waals surface area contributed by atoms with Crippen LogP contribution in [0.5, 0.6) is 0 Å². The van der Waals surface area contributed by atoms with Crippen LogP contribution in [0.15, 0.2) is 5.38 Å². The Balaban J connectivity index is 1.71. The van der Waals surface area contributed by atoms with Crippen LogP contribution in [-0.2, 0) is 16.9 Å². The van der Waals surface area contributed by atoms with Gasteiger partial charge < -0.3 is 9.84 Å². The Kier molecular flexibility index (Phi) is 5.69. The number of rotatable bonds is 8. The molecule has 0 amide bonds. The zero-order valence-corrected chi connectivity index (χ0v) is 13.4. The minimum atomic E-state index is 0.0150. The maximum atomic E-state index is 9.35. The average Bonchev–Trinajstić information content (AvgIpc) is 2.78. The van der Waals surface area contributed by atoms with Crippen molar-refractivity contribution < 1.29 is 9.84 Å². The Morgan fingerprint density at radius 3 is 2.89 bits per heavy atom. The van der Waals surface area contributed by atoms with E-state index in [1.165, 1.54) is 17.1 Å². The van der Waals surface area contributed by atoms with Crippen molar-refractivity contribution in [3.8, 4) is 0 Å². The third-order valence-electron chi connectivity index (χ3n) is 3.34. The van der Waals surface area contributed by atoms with Gasteiger partial charge in [0.05, 0.1) is 30.5 Å². The molecule has 0 radical (unpaired) electrons. The molecule has 0 bridgehead atoms. The van der Waals surface area contributed by atoms with Gasteiger partial charge in [-0.1, -0.05) is 13.8 Å². The largest absolute Gasteiger partial charge is 0.396 e. The summed E-state index contributed by atoms with van der Waals surface area (Å²) < 4.78 is 5.20.